The van der Waals surface area contributed by atoms with Gasteiger partial charge in [-0.05, 0) is 43.2 Å². The Bertz CT molecular complexity index is 409. The van der Waals surface area contributed by atoms with Crippen LogP contribution >= 0.6 is 11.8 Å². The highest BCUT2D eigenvalue weighted by Gasteiger charge is 2.10. The molecule has 0 aliphatic rings. The molecule has 0 spiro atoms. The molecule has 3 nitrogen and oxygen atoms in total. The Hall–Kier alpha value is -1.00. The van der Waals surface area contributed by atoms with E-state index in [1.165, 1.54) is 0 Å². The predicted octanol–water partition coefficient (Wildman–Crippen LogP) is 3.89. The Labute approximate surface area is 126 Å². The number of amides is 1. The number of benzene rings is 1. The number of para-hydroxylation sites is 1. The van der Waals surface area contributed by atoms with Crippen LogP contribution < -0.4 is 11.1 Å². The van der Waals surface area contributed by atoms with Crippen molar-refractivity contribution in [2.24, 2.45) is 11.7 Å². The molecule has 1 aromatic rings. The molecule has 0 bridgehead atoms. The van der Waals surface area contributed by atoms with Crippen LogP contribution in [0.1, 0.15) is 39.5 Å². The summed E-state index contributed by atoms with van der Waals surface area (Å²) >= 11 is 1.75. The molecule has 20 heavy (non-hydrogen) atoms. The van der Waals surface area contributed by atoms with Gasteiger partial charge in [-0.2, -0.15) is 0 Å². The van der Waals surface area contributed by atoms with E-state index in [1.54, 1.807) is 11.8 Å². The summed E-state index contributed by atoms with van der Waals surface area (Å²) in [4.78, 5) is 13.2. The number of carbonyl (C=O) groups is 1. The molecule has 1 atom stereocenters. The van der Waals surface area contributed by atoms with Gasteiger partial charge in [-0.25, -0.2) is 0 Å². The standard InChI is InChI=1S/C16H26N2OS/c1-3-13(11-12-17)9-10-16(19)18-14-7-5-6-8-15(14)20-4-2/h5-8,13H,3-4,9-12,17H2,1-2H3,(H,18,19). The van der Waals surface area contributed by atoms with Gasteiger partial charge in [0.25, 0.3) is 0 Å². The molecule has 0 saturated heterocycles. The molecule has 1 unspecified atom stereocenters. The van der Waals surface area contributed by atoms with Crippen molar-refractivity contribution in [3.05, 3.63) is 24.3 Å². The summed E-state index contributed by atoms with van der Waals surface area (Å²) in [7, 11) is 0. The lowest BCUT2D eigenvalue weighted by molar-refractivity contribution is -0.116. The molecule has 0 aliphatic heterocycles. The molecule has 3 N–H and O–H groups in total. The van der Waals surface area contributed by atoms with Crippen molar-refractivity contribution < 1.29 is 4.79 Å². The third kappa shape index (κ3) is 5.97. The van der Waals surface area contributed by atoms with E-state index in [0.717, 1.165) is 35.6 Å². The van der Waals surface area contributed by atoms with Crippen molar-refractivity contribution >= 4 is 23.4 Å². The molecule has 0 aliphatic carbocycles. The molecule has 1 rings (SSSR count). The topological polar surface area (TPSA) is 55.1 Å². The first-order valence-electron chi connectivity index (χ1n) is 7.43. The lowest BCUT2D eigenvalue weighted by Gasteiger charge is -2.14. The fraction of sp³-hybridized carbons (Fsp3) is 0.562. The van der Waals surface area contributed by atoms with Crippen LogP contribution in [0.15, 0.2) is 29.2 Å². The van der Waals surface area contributed by atoms with Gasteiger partial charge < -0.3 is 11.1 Å². The van der Waals surface area contributed by atoms with Crippen LogP contribution in [0.4, 0.5) is 5.69 Å². The van der Waals surface area contributed by atoms with Crippen LogP contribution in [0.3, 0.4) is 0 Å². The van der Waals surface area contributed by atoms with Crippen LogP contribution in [0.25, 0.3) is 0 Å². The third-order valence-corrected chi connectivity index (χ3v) is 4.35. The molecule has 0 fully saturated rings. The quantitative estimate of drug-likeness (QED) is 0.679. The summed E-state index contributed by atoms with van der Waals surface area (Å²) in [6.45, 7) is 4.98. The van der Waals surface area contributed by atoms with E-state index in [0.29, 0.717) is 18.9 Å². The van der Waals surface area contributed by atoms with Crippen molar-refractivity contribution in [3.8, 4) is 0 Å². The second-order valence-corrected chi connectivity index (χ2v) is 6.17. The second kappa shape index (κ2) is 9.83. The molecular weight excluding hydrogens is 268 g/mol. The highest BCUT2D eigenvalue weighted by atomic mass is 32.2. The van der Waals surface area contributed by atoms with Crippen molar-refractivity contribution in [3.63, 3.8) is 0 Å². The lowest BCUT2D eigenvalue weighted by Crippen LogP contribution is -2.15. The molecule has 0 radical (unpaired) electrons. The van der Waals surface area contributed by atoms with Gasteiger partial charge in [0, 0.05) is 11.3 Å². The first-order valence-corrected chi connectivity index (χ1v) is 8.41. The van der Waals surface area contributed by atoms with Crippen molar-refractivity contribution in [2.45, 2.75) is 44.4 Å². The molecule has 0 aromatic heterocycles. The monoisotopic (exact) mass is 294 g/mol. The Kier molecular flexibility index (Phi) is 8.38. The maximum absolute atomic E-state index is 12.0. The van der Waals surface area contributed by atoms with Gasteiger partial charge in [0.2, 0.25) is 5.91 Å². The van der Waals surface area contributed by atoms with E-state index in [4.69, 9.17) is 5.73 Å². The molecule has 4 heteroatoms. The van der Waals surface area contributed by atoms with Gasteiger partial charge in [-0.3, -0.25) is 4.79 Å². The minimum Gasteiger partial charge on any atom is -0.330 e. The summed E-state index contributed by atoms with van der Waals surface area (Å²) in [5.74, 6) is 1.66. The van der Waals surface area contributed by atoms with E-state index in [-0.39, 0.29) is 5.91 Å². The van der Waals surface area contributed by atoms with E-state index < -0.39 is 0 Å². The van der Waals surface area contributed by atoms with E-state index in [9.17, 15) is 4.79 Å². The average Bonchev–Trinajstić information content (AvgIpc) is 2.46. The van der Waals surface area contributed by atoms with Crippen LogP contribution in [0.5, 0.6) is 0 Å². The molecule has 112 valence electrons. The Balaban J connectivity index is 2.49. The predicted molar refractivity (Wildman–Crippen MR) is 88.2 cm³/mol. The summed E-state index contributed by atoms with van der Waals surface area (Å²) < 4.78 is 0. The Morgan fingerprint density at radius 1 is 1.30 bits per heavy atom. The number of hydrogen-bond donors (Lipinski definition) is 2. The first-order chi connectivity index (χ1) is 9.71. The van der Waals surface area contributed by atoms with Gasteiger partial charge in [-0.15, -0.1) is 11.8 Å². The van der Waals surface area contributed by atoms with Gasteiger partial charge in [0.1, 0.15) is 0 Å². The van der Waals surface area contributed by atoms with Crippen molar-refractivity contribution in [2.75, 3.05) is 17.6 Å². The number of nitrogens with one attached hydrogen (secondary N) is 1. The van der Waals surface area contributed by atoms with Crippen molar-refractivity contribution in [1.29, 1.82) is 0 Å². The molecule has 1 amide bonds. The number of thioether (sulfide) groups is 1. The summed E-state index contributed by atoms with van der Waals surface area (Å²) in [5.41, 5.74) is 6.51. The fourth-order valence-electron chi connectivity index (χ4n) is 2.19. The summed E-state index contributed by atoms with van der Waals surface area (Å²) in [5, 5.41) is 3.03. The van der Waals surface area contributed by atoms with Crippen LogP contribution in [-0.4, -0.2) is 18.2 Å². The van der Waals surface area contributed by atoms with Crippen LogP contribution in [0, 0.1) is 5.92 Å². The van der Waals surface area contributed by atoms with Crippen LogP contribution in [0.2, 0.25) is 0 Å². The minimum absolute atomic E-state index is 0.102. The average molecular weight is 294 g/mol. The molecule has 1 aromatic carbocycles. The summed E-state index contributed by atoms with van der Waals surface area (Å²) in [6, 6.07) is 7.97. The number of hydrogen-bond acceptors (Lipinski definition) is 3. The number of anilines is 1. The third-order valence-electron chi connectivity index (χ3n) is 3.39. The number of nitrogens with two attached hydrogens (primary N) is 1. The lowest BCUT2D eigenvalue weighted by atomic mass is 9.96. The summed E-state index contributed by atoms with van der Waals surface area (Å²) in [6.07, 6.45) is 3.59. The van der Waals surface area contributed by atoms with Gasteiger partial charge >= 0.3 is 0 Å². The van der Waals surface area contributed by atoms with Gasteiger partial charge in [-0.1, -0.05) is 32.4 Å². The van der Waals surface area contributed by atoms with Gasteiger partial charge in [0.05, 0.1) is 5.69 Å². The highest BCUT2D eigenvalue weighted by molar-refractivity contribution is 7.99. The first kappa shape index (κ1) is 17.1. The van der Waals surface area contributed by atoms with Gasteiger partial charge in [0.15, 0.2) is 0 Å². The van der Waals surface area contributed by atoms with Crippen LogP contribution in [-0.2, 0) is 4.79 Å². The fourth-order valence-corrected chi connectivity index (χ4v) is 2.95. The highest BCUT2D eigenvalue weighted by Crippen LogP contribution is 2.27. The molecule has 0 heterocycles. The largest absolute Gasteiger partial charge is 0.330 e. The number of carbonyl (C=O) groups excluding carboxylic acids is 1. The maximum atomic E-state index is 12.0. The van der Waals surface area contributed by atoms with Crippen molar-refractivity contribution in [1.82, 2.24) is 0 Å². The smallest absolute Gasteiger partial charge is 0.224 e. The Morgan fingerprint density at radius 3 is 2.70 bits per heavy atom. The second-order valence-electron chi connectivity index (χ2n) is 4.87. The molecular formula is C16H26N2OS. The zero-order chi connectivity index (χ0) is 14.8. The van der Waals surface area contributed by atoms with E-state index in [1.807, 2.05) is 24.3 Å². The van der Waals surface area contributed by atoms with E-state index in [2.05, 4.69) is 19.2 Å². The Morgan fingerprint density at radius 2 is 2.05 bits per heavy atom. The number of rotatable bonds is 9. The van der Waals surface area contributed by atoms with E-state index >= 15 is 0 Å². The minimum atomic E-state index is 0.102. The SMILES string of the molecule is CCSc1ccccc1NC(=O)CCC(CC)CCN. The normalized spacial score (nSPS) is 12.2. The maximum Gasteiger partial charge on any atom is 0.224 e. The zero-order valence-corrected chi connectivity index (χ0v) is 13.3. The zero-order valence-electron chi connectivity index (χ0n) is 12.5. The molecule has 0 saturated carbocycles.